The molecule has 0 aromatic heterocycles. The summed E-state index contributed by atoms with van der Waals surface area (Å²) in [6, 6.07) is 0. The molecule has 3 heterocycles. The quantitative estimate of drug-likeness (QED) is 0.490. The molecule has 6 nitrogen and oxygen atoms in total. The van der Waals surface area contributed by atoms with Crippen molar-refractivity contribution in [2.24, 2.45) is 0 Å². The number of rotatable bonds is 0. The zero-order valence-electron chi connectivity index (χ0n) is 11.0. The highest BCUT2D eigenvalue weighted by Gasteiger charge is 2.65. The van der Waals surface area contributed by atoms with E-state index in [4.69, 9.17) is 9.47 Å². The Hall–Kier alpha value is -2.63. The fraction of sp³-hybridized carbons (Fsp3) is 0.267. The Balaban J connectivity index is 0.000000160. The molecule has 2 atom stereocenters. The Kier molecular flexibility index (Phi) is 2.83. The Morgan fingerprint density at radius 1 is 0.810 bits per heavy atom. The molecule has 2 spiro atoms. The molecule has 0 amide bonds. The van der Waals surface area contributed by atoms with Crippen LogP contribution in [0, 0.1) is 0 Å². The van der Waals surface area contributed by atoms with Gasteiger partial charge in [0.25, 0.3) is 0 Å². The maximum Gasteiger partial charge on any atom is 0.336 e. The highest BCUT2D eigenvalue weighted by atomic mass is 16.6. The van der Waals surface area contributed by atoms with Crippen molar-refractivity contribution in [2.75, 3.05) is 0 Å². The summed E-state index contributed by atoms with van der Waals surface area (Å²) in [6.07, 6.45) is 10.5. The number of ether oxygens (including phenoxy) is 3. The molecule has 6 heteroatoms. The first-order valence-electron chi connectivity index (χ1n) is 6.38. The summed E-state index contributed by atoms with van der Waals surface area (Å²) in [5.41, 5.74) is -1.43. The molecule has 0 N–H and O–H groups in total. The van der Waals surface area contributed by atoms with Crippen LogP contribution >= 0.6 is 0 Å². The van der Waals surface area contributed by atoms with E-state index in [0.29, 0.717) is 18.6 Å². The maximum absolute atomic E-state index is 11.0. The third kappa shape index (κ3) is 2.08. The summed E-state index contributed by atoms with van der Waals surface area (Å²) >= 11 is 0. The zero-order valence-corrected chi connectivity index (χ0v) is 11.0. The minimum Gasteiger partial charge on any atom is -0.447 e. The van der Waals surface area contributed by atoms with Crippen LogP contribution in [0.25, 0.3) is 0 Å². The lowest BCUT2D eigenvalue weighted by Gasteiger charge is -2.50. The molecule has 0 saturated heterocycles. The van der Waals surface area contributed by atoms with Gasteiger partial charge in [0.05, 0.1) is 0 Å². The first-order chi connectivity index (χ1) is 9.95. The molecule has 4 aliphatic rings. The zero-order chi connectivity index (χ0) is 15.1. The van der Waals surface area contributed by atoms with Gasteiger partial charge in [0.1, 0.15) is 5.76 Å². The molecular formula is C15H12O6. The minimum atomic E-state index is -0.716. The van der Waals surface area contributed by atoms with Gasteiger partial charge in [0.15, 0.2) is 11.2 Å². The van der Waals surface area contributed by atoms with Crippen molar-refractivity contribution in [1.29, 1.82) is 0 Å². The number of cyclic esters (lactones) is 1. The van der Waals surface area contributed by atoms with E-state index in [1.54, 1.807) is 12.2 Å². The minimum absolute atomic E-state index is 0.329. The van der Waals surface area contributed by atoms with Gasteiger partial charge in [-0.15, -0.1) is 0 Å². The van der Waals surface area contributed by atoms with Gasteiger partial charge >= 0.3 is 17.9 Å². The van der Waals surface area contributed by atoms with Gasteiger partial charge in [-0.25, -0.2) is 14.4 Å². The van der Waals surface area contributed by atoms with Gasteiger partial charge < -0.3 is 14.2 Å². The van der Waals surface area contributed by atoms with Gasteiger partial charge in [-0.2, -0.15) is 0 Å². The smallest absolute Gasteiger partial charge is 0.336 e. The van der Waals surface area contributed by atoms with Crippen molar-refractivity contribution in [1.82, 2.24) is 0 Å². The van der Waals surface area contributed by atoms with Crippen LogP contribution in [-0.4, -0.2) is 29.1 Å². The summed E-state index contributed by atoms with van der Waals surface area (Å²) in [6.45, 7) is 3.37. The van der Waals surface area contributed by atoms with Gasteiger partial charge in [-0.05, 0) is 31.1 Å². The third-order valence-corrected chi connectivity index (χ3v) is 3.76. The Bertz CT molecular complexity index is 587. The van der Waals surface area contributed by atoms with Gasteiger partial charge in [-0.3, -0.25) is 0 Å². The van der Waals surface area contributed by atoms with Gasteiger partial charge in [0.2, 0.25) is 0 Å². The van der Waals surface area contributed by atoms with E-state index in [2.05, 4.69) is 11.3 Å². The van der Waals surface area contributed by atoms with Gasteiger partial charge in [-0.1, -0.05) is 6.58 Å². The van der Waals surface area contributed by atoms with Crippen molar-refractivity contribution >= 4 is 17.9 Å². The Morgan fingerprint density at radius 2 is 1.33 bits per heavy atom. The van der Waals surface area contributed by atoms with Crippen LogP contribution in [0.1, 0.15) is 12.8 Å². The van der Waals surface area contributed by atoms with E-state index in [9.17, 15) is 14.4 Å². The van der Waals surface area contributed by atoms with Crippen LogP contribution < -0.4 is 0 Å². The summed E-state index contributed by atoms with van der Waals surface area (Å²) in [5, 5.41) is 0. The monoisotopic (exact) mass is 288 g/mol. The average Bonchev–Trinajstić information content (AvgIpc) is 3.11. The Labute approximate surface area is 120 Å². The van der Waals surface area contributed by atoms with E-state index < -0.39 is 11.2 Å². The lowest BCUT2D eigenvalue weighted by molar-refractivity contribution is -0.206. The number of fused-ring (bicyclic) bond motifs is 1. The predicted molar refractivity (Wildman–Crippen MR) is 69.5 cm³/mol. The van der Waals surface area contributed by atoms with Crippen LogP contribution in [0.4, 0.5) is 0 Å². The second-order valence-corrected chi connectivity index (χ2v) is 5.01. The topological polar surface area (TPSA) is 78.9 Å². The number of esters is 3. The predicted octanol–water partition coefficient (Wildman–Crippen LogP) is 1.10. The molecule has 0 aromatic carbocycles. The average molecular weight is 288 g/mol. The summed E-state index contributed by atoms with van der Waals surface area (Å²) in [4.78, 5) is 32.1. The second kappa shape index (κ2) is 4.44. The lowest BCUT2D eigenvalue weighted by Crippen LogP contribution is -2.61. The van der Waals surface area contributed by atoms with E-state index in [-0.39, 0.29) is 17.9 Å². The first-order valence-corrected chi connectivity index (χ1v) is 6.38. The largest absolute Gasteiger partial charge is 0.447 e. The SMILES string of the molecule is C=C1C=CC(=O)O1.O=C1C=CC2(CCC23C=CC(=O)O3)O1. The van der Waals surface area contributed by atoms with E-state index >= 15 is 0 Å². The van der Waals surface area contributed by atoms with Crippen LogP contribution in [0.5, 0.6) is 0 Å². The van der Waals surface area contributed by atoms with Crippen molar-refractivity contribution in [3.8, 4) is 0 Å². The number of carbonyl (C=O) groups excluding carboxylic acids is 3. The molecule has 3 aliphatic heterocycles. The fourth-order valence-electron chi connectivity index (χ4n) is 2.60. The number of carbonyl (C=O) groups is 3. The second-order valence-electron chi connectivity index (χ2n) is 5.01. The molecule has 1 fully saturated rings. The molecule has 21 heavy (non-hydrogen) atoms. The van der Waals surface area contributed by atoms with Crippen molar-refractivity contribution in [3.05, 3.63) is 48.8 Å². The van der Waals surface area contributed by atoms with Crippen LogP contribution in [-0.2, 0) is 28.6 Å². The standard InChI is InChI=1S/C10H8O4.C5H4O2/c11-7-1-3-9(13-7)5-6-10(9)4-2-8(12)14-10;1-4-2-3-5(6)7-4/h1-4H,5-6H2;2-3H,1H2. The van der Waals surface area contributed by atoms with E-state index in [0.717, 1.165) is 0 Å². The van der Waals surface area contributed by atoms with E-state index in [1.165, 1.54) is 24.3 Å². The fourth-order valence-corrected chi connectivity index (χ4v) is 2.60. The highest BCUT2D eigenvalue weighted by molar-refractivity contribution is 5.89. The molecule has 0 aromatic rings. The summed E-state index contributed by atoms with van der Waals surface area (Å²) in [7, 11) is 0. The molecule has 0 radical (unpaired) electrons. The molecule has 1 saturated carbocycles. The van der Waals surface area contributed by atoms with Crippen molar-refractivity contribution in [3.63, 3.8) is 0 Å². The normalized spacial score (nSPS) is 34.7. The number of hydrogen-bond acceptors (Lipinski definition) is 6. The van der Waals surface area contributed by atoms with Gasteiger partial charge in [0, 0.05) is 18.2 Å². The Morgan fingerprint density at radius 3 is 1.52 bits per heavy atom. The van der Waals surface area contributed by atoms with Crippen LogP contribution in [0.2, 0.25) is 0 Å². The maximum atomic E-state index is 11.0. The highest BCUT2D eigenvalue weighted by Crippen LogP contribution is 2.53. The molecule has 2 unspecified atom stereocenters. The molecule has 0 bridgehead atoms. The third-order valence-electron chi connectivity index (χ3n) is 3.76. The first kappa shape index (κ1) is 13.4. The molecular weight excluding hydrogens is 276 g/mol. The molecule has 1 aliphatic carbocycles. The summed E-state index contributed by atoms with van der Waals surface area (Å²) < 4.78 is 14.8. The number of hydrogen-bond donors (Lipinski definition) is 0. The van der Waals surface area contributed by atoms with Crippen molar-refractivity contribution in [2.45, 2.75) is 24.0 Å². The van der Waals surface area contributed by atoms with Crippen LogP contribution in [0.3, 0.4) is 0 Å². The molecule has 4 rings (SSSR count). The number of allylic oxidation sites excluding steroid dienone is 1. The van der Waals surface area contributed by atoms with Crippen LogP contribution in [0.15, 0.2) is 48.8 Å². The van der Waals surface area contributed by atoms with E-state index in [1.807, 2.05) is 0 Å². The van der Waals surface area contributed by atoms with Crippen molar-refractivity contribution < 1.29 is 28.6 Å². The molecule has 108 valence electrons. The lowest BCUT2D eigenvalue weighted by atomic mass is 9.65. The summed E-state index contributed by atoms with van der Waals surface area (Å²) in [5.74, 6) is -0.629.